The van der Waals surface area contributed by atoms with Gasteiger partial charge in [0.05, 0.1) is 6.07 Å². The molecular formula is C17H11BrFNO. The molecule has 1 aliphatic rings. The minimum Gasteiger partial charge on any atom is -0.474 e. The van der Waals surface area contributed by atoms with E-state index in [1.54, 1.807) is 13.0 Å². The lowest BCUT2D eigenvalue weighted by molar-refractivity contribution is 0.302. The molecule has 0 amide bonds. The van der Waals surface area contributed by atoms with Crippen molar-refractivity contribution in [2.45, 2.75) is 11.9 Å². The van der Waals surface area contributed by atoms with Crippen LogP contribution in [0.25, 0.3) is 5.57 Å². The maximum atomic E-state index is 13.7. The Labute approximate surface area is 130 Å². The molecule has 2 aromatic rings. The predicted molar refractivity (Wildman–Crippen MR) is 82.4 cm³/mol. The summed E-state index contributed by atoms with van der Waals surface area (Å²) in [6, 6.07) is 14.2. The highest BCUT2D eigenvalue weighted by Crippen LogP contribution is 2.44. The van der Waals surface area contributed by atoms with Gasteiger partial charge in [-0.2, -0.15) is 5.26 Å². The van der Waals surface area contributed by atoms with Crippen LogP contribution in [0, 0.1) is 17.1 Å². The summed E-state index contributed by atoms with van der Waals surface area (Å²) in [5.41, 5.74) is 3.63. The molecule has 1 heterocycles. The van der Waals surface area contributed by atoms with E-state index in [2.05, 4.69) is 22.0 Å². The standard InChI is InChI=1S/C17H11BrFNO/c1-10(9-20)16-12-4-2-3-5-13(12)17(18)21-15-7-6-11(19)8-14(15)16/h2-8,17H,1H3/b16-10+. The summed E-state index contributed by atoms with van der Waals surface area (Å²) in [4.78, 5) is 0. The molecule has 0 fully saturated rings. The zero-order chi connectivity index (χ0) is 15.0. The highest BCUT2D eigenvalue weighted by molar-refractivity contribution is 9.09. The summed E-state index contributed by atoms with van der Waals surface area (Å²) in [5, 5.41) is 8.97. The molecular weight excluding hydrogens is 333 g/mol. The molecule has 0 N–H and O–H groups in total. The quantitative estimate of drug-likeness (QED) is 0.500. The van der Waals surface area contributed by atoms with Crippen molar-refractivity contribution in [2.75, 3.05) is 0 Å². The van der Waals surface area contributed by atoms with Crippen molar-refractivity contribution in [3.8, 4) is 11.8 Å². The lowest BCUT2D eigenvalue weighted by Gasteiger charge is -2.12. The summed E-state index contributed by atoms with van der Waals surface area (Å²) in [6.45, 7) is 1.73. The van der Waals surface area contributed by atoms with Crippen LogP contribution in [0.3, 0.4) is 0 Å². The second-order valence-electron chi connectivity index (χ2n) is 4.77. The van der Waals surface area contributed by atoms with Crippen LogP contribution in [0.2, 0.25) is 0 Å². The molecule has 21 heavy (non-hydrogen) atoms. The van der Waals surface area contributed by atoms with Crippen molar-refractivity contribution < 1.29 is 9.13 Å². The van der Waals surface area contributed by atoms with Crippen molar-refractivity contribution in [2.24, 2.45) is 0 Å². The Morgan fingerprint density at radius 1 is 1.24 bits per heavy atom. The first-order valence-electron chi connectivity index (χ1n) is 6.42. The smallest absolute Gasteiger partial charge is 0.179 e. The lowest BCUT2D eigenvalue weighted by Crippen LogP contribution is -1.99. The number of alkyl halides is 1. The summed E-state index contributed by atoms with van der Waals surface area (Å²) < 4.78 is 19.5. The lowest BCUT2D eigenvalue weighted by atomic mass is 9.91. The number of hydrogen-bond donors (Lipinski definition) is 0. The number of nitriles is 1. The monoisotopic (exact) mass is 343 g/mol. The van der Waals surface area contributed by atoms with E-state index in [1.807, 2.05) is 24.3 Å². The van der Waals surface area contributed by atoms with Crippen LogP contribution < -0.4 is 4.74 Å². The Hall–Kier alpha value is -2.12. The number of hydrogen-bond acceptors (Lipinski definition) is 2. The third-order valence-corrected chi connectivity index (χ3v) is 4.14. The van der Waals surface area contributed by atoms with E-state index in [4.69, 9.17) is 4.74 Å². The van der Waals surface area contributed by atoms with E-state index in [1.165, 1.54) is 12.1 Å². The van der Waals surface area contributed by atoms with Gasteiger partial charge in [0.25, 0.3) is 0 Å². The van der Waals surface area contributed by atoms with E-state index in [9.17, 15) is 9.65 Å². The Kier molecular flexibility index (Phi) is 3.52. The topological polar surface area (TPSA) is 33.0 Å². The van der Waals surface area contributed by atoms with Gasteiger partial charge in [-0.3, -0.25) is 0 Å². The van der Waals surface area contributed by atoms with E-state index < -0.39 is 0 Å². The second-order valence-corrected chi connectivity index (χ2v) is 5.61. The van der Waals surface area contributed by atoms with Gasteiger partial charge in [0.1, 0.15) is 11.6 Å². The molecule has 0 aliphatic carbocycles. The Morgan fingerprint density at radius 3 is 2.76 bits per heavy atom. The predicted octanol–water partition coefficient (Wildman–Crippen LogP) is 4.96. The normalized spacial score (nSPS) is 18.7. The number of rotatable bonds is 0. The van der Waals surface area contributed by atoms with Gasteiger partial charge in [-0.25, -0.2) is 4.39 Å². The summed E-state index contributed by atoms with van der Waals surface area (Å²) in [7, 11) is 0. The molecule has 3 rings (SSSR count). The molecule has 0 saturated heterocycles. The van der Waals surface area contributed by atoms with Crippen molar-refractivity contribution in [1.29, 1.82) is 5.26 Å². The molecule has 4 heteroatoms. The van der Waals surface area contributed by atoms with Crippen LogP contribution in [0.1, 0.15) is 28.6 Å². The summed E-state index contributed by atoms with van der Waals surface area (Å²) in [6.07, 6.45) is 0. The number of halogens is 2. The van der Waals surface area contributed by atoms with Crippen molar-refractivity contribution in [3.05, 3.63) is 70.5 Å². The van der Waals surface area contributed by atoms with Crippen molar-refractivity contribution in [3.63, 3.8) is 0 Å². The van der Waals surface area contributed by atoms with Crippen molar-refractivity contribution in [1.82, 2.24) is 0 Å². The van der Waals surface area contributed by atoms with Crippen LogP contribution in [0.4, 0.5) is 4.39 Å². The average molecular weight is 344 g/mol. The number of allylic oxidation sites excluding steroid dienone is 1. The fourth-order valence-electron chi connectivity index (χ4n) is 2.50. The van der Waals surface area contributed by atoms with Gasteiger partial charge in [-0.05, 0) is 46.6 Å². The second kappa shape index (κ2) is 5.34. The fraction of sp³-hybridized carbons (Fsp3) is 0.118. The van der Waals surface area contributed by atoms with Gasteiger partial charge in [0, 0.05) is 22.3 Å². The molecule has 1 aliphatic heterocycles. The first-order valence-corrected chi connectivity index (χ1v) is 7.34. The van der Waals surface area contributed by atoms with Crippen molar-refractivity contribution >= 4 is 21.5 Å². The zero-order valence-corrected chi connectivity index (χ0v) is 12.8. The fourth-order valence-corrected chi connectivity index (χ4v) is 3.10. The molecule has 2 nitrogen and oxygen atoms in total. The zero-order valence-electron chi connectivity index (χ0n) is 11.2. The molecule has 0 bridgehead atoms. The van der Waals surface area contributed by atoms with Crippen LogP contribution in [0.5, 0.6) is 5.75 Å². The maximum Gasteiger partial charge on any atom is 0.179 e. The third kappa shape index (κ3) is 2.34. The van der Waals surface area contributed by atoms with E-state index >= 15 is 0 Å². The first-order chi connectivity index (χ1) is 10.1. The largest absolute Gasteiger partial charge is 0.474 e. The van der Waals surface area contributed by atoms with Gasteiger partial charge < -0.3 is 4.74 Å². The Bertz CT molecular complexity index is 792. The molecule has 0 aromatic heterocycles. The molecule has 104 valence electrons. The van der Waals surface area contributed by atoms with Gasteiger partial charge in [0.2, 0.25) is 0 Å². The molecule has 2 aromatic carbocycles. The maximum absolute atomic E-state index is 13.7. The molecule has 0 radical (unpaired) electrons. The highest BCUT2D eigenvalue weighted by Gasteiger charge is 2.26. The van der Waals surface area contributed by atoms with E-state index in [0.29, 0.717) is 22.5 Å². The van der Waals surface area contributed by atoms with E-state index in [-0.39, 0.29) is 10.8 Å². The number of ether oxygens (including phenoxy) is 1. The number of fused-ring (bicyclic) bond motifs is 2. The minimum absolute atomic E-state index is 0.345. The van der Waals surface area contributed by atoms with Crippen LogP contribution >= 0.6 is 15.9 Å². The number of benzene rings is 2. The molecule has 1 unspecified atom stereocenters. The first kappa shape index (κ1) is 13.8. The summed E-state index contributed by atoms with van der Waals surface area (Å²) in [5.74, 6) is 0.199. The van der Waals surface area contributed by atoms with Gasteiger partial charge in [0.15, 0.2) is 5.01 Å². The van der Waals surface area contributed by atoms with Crippen LogP contribution in [-0.2, 0) is 0 Å². The third-order valence-electron chi connectivity index (χ3n) is 3.46. The van der Waals surface area contributed by atoms with Crippen LogP contribution in [-0.4, -0.2) is 0 Å². The average Bonchev–Trinajstić information content (AvgIpc) is 2.61. The van der Waals surface area contributed by atoms with Gasteiger partial charge in [-0.1, -0.05) is 24.3 Å². The van der Waals surface area contributed by atoms with Gasteiger partial charge in [-0.15, -0.1) is 0 Å². The number of nitrogens with zero attached hydrogens (tertiary/aromatic N) is 1. The van der Waals surface area contributed by atoms with Gasteiger partial charge >= 0.3 is 0 Å². The van der Waals surface area contributed by atoms with Crippen LogP contribution in [0.15, 0.2) is 48.0 Å². The Balaban J connectivity index is 2.41. The highest BCUT2D eigenvalue weighted by atomic mass is 79.9. The SMILES string of the molecule is C/C(C#N)=C1\c2cc(F)ccc2OC(Br)c2ccccc21. The van der Waals surface area contributed by atoms with E-state index in [0.717, 1.165) is 11.1 Å². The molecule has 1 atom stereocenters. The summed E-state index contributed by atoms with van der Waals surface area (Å²) >= 11 is 3.50. The minimum atomic E-state index is -0.355. The molecule has 0 spiro atoms. The molecule has 0 saturated carbocycles. The Morgan fingerprint density at radius 2 is 2.00 bits per heavy atom.